The van der Waals surface area contributed by atoms with Crippen LogP contribution < -0.4 is 0 Å². The number of hydrogen-bond donors (Lipinski definition) is 2. The molecule has 1 amide bonds. The quantitative estimate of drug-likeness (QED) is 0.467. The van der Waals surface area contributed by atoms with Crippen LogP contribution in [0.1, 0.15) is 17.2 Å². The number of amides is 1. The number of halogens is 1. The lowest BCUT2D eigenvalue weighted by Crippen LogP contribution is -2.32. The first kappa shape index (κ1) is 18.9. The number of aliphatic hydroxyl groups is 1. The molecule has 2 N–H and O–H groups in total. The molecule has 27 heavy (non-hydrogen) atoms. The van der Waals surface area contributed by atoms with Crippen LogP contribution in [0.15, 0.2) is 54.1 Å². The minimum atomic E-state index is -0.831. The highest BCUT2D eigenvalue weighted by Gasteiger charge is 2.45. The van der Waals surface area contributed by atoms with Gasteiger partial charge in [0.25, 0.3) is 11.7 Å². The van der Waals surface area contributed by atoms with E-state index in [9.17, 15) is 19.8 Å². The Morgan fingerprint density at radius 3 is 2.52 bits per heavy atom. The van der Waals surface area contributed by atoms with E-state index < -0.39 is 17.7 Å². The molecule has 140 valence electrons. The van der Waals surface area contributed by atoms with E-state index in [1.807, 2.05) is 0 Å². The maximum atomic E-state index is 12.7. The monoisotopic (exact) mass is 387 g/mol. The molecule has 3 rings (SSSR count). The third kappa shape index (κ3) is 3.67. The van der Waals surface area contributed by atoms with E-state index in [2.05, 4.69) is 0 Å². The summed E-state index contributed by atoms with van der Waals surface area (Å²) in [5.41, 5.74) is 0.846. The zero-order valence-electron chi connectivity index (χ0n) is 14.6. The van der Waals surface area contributed by atoms with Gasteiger partial charge in [0.2, 0.25) is 0 Å². The van der Waals surface area contributed by atoms with Crippen LogP contribution >= 0.6 is 11.6 Å². The molecular weight excluding hydrogens is 370 g/mol. The molecule has 0 spiro atoms. The fourth-order valence-electron chi connectivity index (χ4n) is 3.10. The van der Waals surface area contributed by atoms with Gasteiger partial charge in [0, 0.05) is 24.2 Å². The van der Waals surface area contributed by atoms with Gasteiger partial charge in [-0.1, -0.05) is 23.7 Å². The summed E-state index contributed by atoms with van der Waals surface area (Å²) in [6, 6.07) is 11.7. The number of hydrogen-bond acceptors (Lipinski definition) is 5. The average molecular weight is 388 g/mol. The van der Waals surface area contributed by atoms with Gasteiger partial charge in [0.15, 0.2) is 0 Å². The minimum absolute atomic E-state index is 0.00341. The zero-order chi connectivity index (χ0) is 19.6. The Kier molecular flexibility index (Phi) is 5.48. The number of aromatic hydroxyl groups is 1. The first-order valence-electron chi connectivity index (χ1n) is 8.26. The topological polar surface area (TPSA) is 87.1 Å². The van der Waals surface area contributed by atoms with E-state index >= 15 is 0 Å². The highest BCUT2D eigenvalue weighted by atomic mass is 35.5. The van der Waals surface area contributed by atoms with Crippen molar-refractivity contribution in [1.29, 1.82) is 0 Å². The Morgan fingerprint density at radius 2 is 1.89 bits per heavy atom. The number of phenols is 1. The zero-order valence-corrected chi connectivity index (χ0v) is 15.3. The van der Waals surface area contributed by atoms with Crippen molar-refractivity contribution in [3.05, 3.63) is 70.3 Å². The molecule has 6 nitrogen and oxygen atoms in total. The van der Waals surface area contributed by atoms with Crippen LogP contribution in [0, 0.1) is 0 Å². The number of carbonyl (C=O) groups is 2. The van der Waals surface area contributed by atoms with Crippen LogP contribution in [0.4, 0.5) is 0 Å². The maximum absolute atomic E-state index is 12.7. The first-order valence-corrected chi connectivity index (χ1v) is 8.64. The van der Waals surface area contributed by atoms with Crippen molar-refractivity contribution in [1.82, 2.24) is 4.90 Å². The summed E-state index contributed by atoms with van der Waals surface area (Å²) < 4.78 is 5.04. The number of rotatable bonds is 5. The largest absolute Gasteiger partial charge is 0.508 e. The molecule has 2 aromatic rings. The van der Waals surface area contributed by atoms with Crippen molar-refractivity contribution in [3.63, 3.8) is 0 Å². The van der Waals surface area contributed by atoms with Crippen molar-refractivity contribution >= 4 is 29.1 Å². The van der Waals surface area contributed by atoms with Crippen LogP contribution in [-0.4, -0.2) is 47.1 Å². The van der Waals surface area contributed by atoms with Crippen LogP contribution in [0.5, 0.6) is 5.75 Å². The van der Waals surface area contributed by atoms with Gasteiger partial charge < -0.3 is 19.8 Å². The van der Waals surface area contributed by atoms with Crippen LogP contribution in [-0.2, 0) is 14.3 Å². The van der Waals surface area contributed by atoms with Crippen molar-refractivity contribution in [2.45, 2.75) is 6.04 Å². The number of phenolic OH excluding ortho intramolecular Hbond substituents is 1. The van der Waals surface area contributed by atoms with Gasteiger partial charge in [-0.25, -0.2) is 0 Å². The average Bonchev–Trinajstić information content (AvgIpc) is 2.91. The standard InChI is InChI=1S/C20H18ClNO5/c1-27-10-9-22-17(13-3-2-4-15(23)11-13)16(19(25)20(22)26)18(24)12-5-7-14(21)8-6-12/h2-8,11,17,23-24H,9-10H2,1H3. The van der Waals surface area contributed by atoms with E-state index in [-0.39, 0.29) is 30.2 Å². The first-order chi connectivity index (χ1) is 12.9. The van der Waals surface area contributed by atoms with E-state index in [0.717, 1.165) is 0 Å². The predicted molar refractivity (Wildman–Crippen MR) is 100 cm³/mol. The van der Waals surface area contributed by atoms with Crippen LogP contribution in [0.25, 0.3) is 5.76 Å². The molecule has 1 saturated heterocycles. The summed E-state index contributed by atoms with van der Waals surface area (Å²) in [4.78, 5) is 26.6. The number of aliphatic hydroxyl groups excluding tert-OH is 1. The Labute approximate surface area is 161 Å². The molecule has 0 saturated carbocycles. The minimum Gasteiger partial charge on any atom is -0.508 e. The summed E-state index contributed by atoms with van der Waals surface area (Å²) in [5, 5.41) is 21.1. The number of methoxy groups -OCH3 is 1. The smallest absolute Gasteiger partial charge is 0.295 e. The van der Waals surface area contributed by atoms with E-state index in [1.54, 1.807) is 36.4 Å². The molecular formula is C20H18ClNO5. The number of ether oxygens (including phenoxy) is 1. The molecule has 0 radical (unpaired) electrons. The summed E-state index contributed by atoms with van der Waals surface area (Å²) >= 11 is 5.88. The van der Waals surface area contributed by atoms with Crippen molar-refractivity contribution in [2.75, 3.05) is 20.3 Å². The molecule has 1 aliphatic rings. The maximum Gasteiger partial charge on any atom is 0.295 e. The third-order valence-electron chi connectivity index (χ3n) is 4.38. The molecule has 0 aromatic heterocycles. The molecule has 0 bridgehead atoms. The van der Waals surface area contributed by atoms with Gasteiger partial charge in [-0.2, -0.15) is 0 Å². The lowest BCUT2D eigenvalue weighted by molar-refractivity contribution is -0.140. The van der Waals surface area contributed by atoms with E-state index in [0.29, 0.717) is 16.1 Å². The number of nitrogens with zero attached hydrogens (tertiary/aromatic N) is 1. The second-order valence-corrected chi connectivity index (χ2v) is 6.52. The van der Waals surface area contributed by atoms with Crippen molar-refractivity contribution in [3.8, 4) is 5.75 Å². The fourth-order valence-corrected chi connectivity index (χ4v) is 3.23. The molecule has 7 heteroatoms. The second-order valence-electron chi connectivity index (χ2n) is 6.09. The lowest BCUT2D eigenvalue weighted by atomic mass is 9.95. The molecule has 1 atom stereocenters. The highest BCUT2D eigenvalue weighted by molar-refractivity contribution is 6.46. The van der Waals surface area contributed by atoms with Crippen molar-refractivity contribution in [2.24, 2.45) is 0 Å². The van der Waals surface area contributed by atoms with Gasteiger partial charge in [-0.15, -0.1) is 0 Å². The molecule has 2 aromatic carbocycles. The van der Waals surface area contributed by atoms with Gasteiger partial charge >= 0.3 is 0 Å². The molecule has 1 unspecified atom stereocenters. The molecule has 0 aliphatic carbocycles. The Hall–Kier alpha value is -2.83. The predicted octanol–water partition coefficient (Wildman–Crippen LogP) is 3.11. The number of likely N-dealkylation sites (tertiary alicyclic amines) is 1. The Balaban J connectivity index is 2.16. The van der Waals surface area contributed by atoms with Gasteiger partial charge in [0.05, 0.1) is 18.2 Å². The summed E-state index contributed by atoms with van der Waals surface area (Å²) in [6.07, 6.45) is 0. The van der Waals surface area contributed by atoms with Gasteiger partial charge in [-0.3, -0.25) is 9.59 Å². The molecule has 1 heterocycles. The third-order valence-corrected chi connectivity index (χ3v) is 4.63. The van der Waals surface area contributed by atoms with E-state index in [1.165, 1.54) is 24.1 Å². The second kappa shape index (κ2) is 7.82. The summed E-state index contributed by atoms with van der Waals surface area (Å²) in [6.45, 7) is 0.391. The summed E-state index contributed by atoms with van der Waals surface area (Å²) in [5.74, 6) is -1.81. The number of carbonyl (C=O) groups excluding carboxylic acids is 2. The number of Topliss-reactive ketones (excluding diaryl/α,β-unsaturated/α-hetero) is 1. The van der Waals surface area contributed by atoms with Gasteiger partial charge in [-0.05, 0) is 42.0 Å². The summed E-state index contributed by atoms with van der Waals surface area (Å²) in [7, 11) is 1.49. The number of ketones is 1. The lowest BCUT2D eigenvalue weighted by Gasteiger charge is -2.25. The van der Waals surface area contributed by atoms with E-state index in [4.69, 9.17) is 16.3 Å². The Morgan fingerprint density at radius 1 is 1.19 bits per heavy atom. The normalized spacial score (nSPS) is 18.9. The van der Waals surface area contributed by atoms with Crippen molar-refractivity contribution < 1.29 is 24.5 Å². The molecule has 1 aliphatic heterocycles. The SMILES string of the molecule is COCCN1C(=O)C(=O)C(=C(O)c2ccc(Cl)cc2)C1c1cccc(O)c1. The fraction of sp³-hybridized carbons (Fsp3) is 0.200. The Bertz CT molecular complexity index is 907. The number of benzene rings is 2. The van der Waals surface area contributed by atoms with Gasteiger partial charge in [0.1, 0.15) is 11.5 Å². The molecule has 1 fully saturated rings. The van der Waals surface area contributed by atoms with Crippen LogP contribution in [0.2, 0.25) is 5.02 Å². The highest BCUT2D eigenvalue weighted by Crippen LogP contribution is 2.40. The van der Waals surface area contributed by atoms with Crippen LogP contribution in [0.3, 0.4) is 0 Å².